The van der Waals surface area contributed by atoms with Crippen LogP contribution in [0.15, 0.2) is 41.3 Å². The van der Waals surface area contributed by atoms with E-state index in [1.165, 1.54) is 18.2 Å². The Morgan fingerprint density at radius 1 is 1.09 bits per heavy atom. The largest absolute Gasteiger partial charge is 0.368 e. The van der Waals surface area contributed by atoms with Crippen molar-refractivity contribution < 1.29 is 17.2 Å². The van der Waals surface area contributed by atoms with Gasteiger partial charge in [0.1, 0.15) is 22.3 Å². The van der Waals surface area contributed by atoms with Crippen LogP contribution in [0.1, 0.15) is 5.69 Å². The molecule has 2 aromatic heterocycles. The lowest BCUT2D eigenvalue weighted by atomic mass is 10.2. The Kier molecular flexibility index (Phi) is 6.88. The van der Waals surface area contributed by atoms with Crippen molar-refractivity contribution in [2.75, 3.05) is 37.2 Å². The third-order valence-corrected chi connectivity index (χ3v) is 6.72. The minimum atomic E-state index is -4.42. The molecule has 0 saturated heterocycles. The maximum Gasteiger partial charge on any atom is 0.264 e. The van der Waals surface area contributed by atoms with E-state index in [0.717, 1.165) is 30.1 Å². The van der Waals surface area contributed by atoms with Crippen LogP contribution in [-0.4, -0.2) is 60.7 Å². The van der Waals surface area contributed by atoms with Gasteiger partial charge in [-0.15, -0.1) is 0 Å². The number of aromatic amines is 1. The first kappa shape index (κ1) is 24.8. The Morgan fingerprint density at radius 2 is 1.86 bits per heavy atom. The van der Waals surface area contributed by atoms with Gasteiger partial charge in [0, 0.05) is 23.7 Å². The number of fused-ring (bicyclic) bond motifs is 1. The van der Waals surface area contributed by atoms with Gasteiger partial charge in [0.25, 0.3) is 10.0 Å². The monoisotopic (exact) mass is 521 g/mol. The third kappa shape index (κ3) is 5.34. The van der Waals surface area contributed by atoms with Crippen LogP contribution >= 0.6 is 11.6 Å². The van der Waals surface area contributed by atoms with E-state index in [1.807, 2.05) is 25.9 Å². The Morgan fingerprint density at radius 3 is 2.57 bits per heavy atom. The highest BCUT2D eigenvalue weighted by molar-refractivity contribution is 7.92. The molecule has 0 spiro atoms. The molecule has 2 aromatic carbocycles. The van der Waals surface area contributed by atoms with E-state index in [4.69, 9.17) is 11.6 Å². The average molecular weight is 522 g/mol. The number of nitrogens with zero attached hydrogens (tertiary/aromatic N) is 4. The van der Waals surface area contributed by atoms with Crippen molar-refractivity contribution >= 4 is 44.2 Å². The minimum Gasteiger partial charge on any atom is -0.368 e. The zero-order chi connectivity index (χ0) is 25.3. The molecule has 0 aliphatic rings. The fourth-order valence-electron chi connectivity index (χ4n) is 3.35. The first-order chi connectivity index (χ1) is 16.5. The summed E-state index contributed by atoms with van der Waals surface area (Å²) >= 11 is 5.79. The van der Waals surface area contributed by atoms with E-state index in [9.17, 15) is 17.2 Å². The summed E-state index contributed by atoms with van der Waals surface area (Å²) in [5, 5.41) is 11.0. The highest BCUT2D eigenvalue weighted by Gasteiger charge is 2.22. The lowest BCUT2D eigenvalue weighted by molar-refractivity contribution is 0.425. The van der Waals surface area contributed by atoms with Gasteiger partial charge in [0.05, 0.1) is 16.8 Å². The molecule has 13 heteroatoms. The number of H-pyrrole nitrogens is 1. The van der Waals surface area contributed by atoms with Crippen LogP contribution in [0.5, 0.6) is 0 Å². The fourth-order valence-corrected chi connectivity index (χ4v) is 4.76. The first-order valence-electron chi connectivity index (χ1n) is 10.4. The van der Waals surface area contributed by atoms with Crippen molar-refractivity contribution in [3.8, 4) is 11.4 Å². The molecule has 4 aromatic rings. The molecule has 0 aliphatic heterocycles. The molecule has 0 amide bonds. The molecule has 0 atom stereocenters. The quantitative estimate of drug-likeness (QED) is 0.320. The van der Waals surface area contributed by atoms with E-state index >= 15 is 0 Å². The van der Waals surface area contributed by atoms with Crippen molar-refractivity contribution in [1.29, 1.82) is 0 Å². The number of sulfonamides is 1. The zero-order valence-corrected chi connectivity index (χ0v) is 20.6. The number of anilines is 2. The maximum atomic E-state index is 14.9. The van der Waals surface area contributed by atoms with Gasteiger partial charge in [-0.25, -0.2) is 27.2 Å². The van der Waals surface area contributed by atoms with Crippen LogP contribution in [0.25, 0.3) is 22.4 Å². The number of aryl methyl sites for hydroxylation is 1. The standard InChI is InChI=1S/C22H22ClF2N7O2S/c1-12-19-21(26-8-9-32(2)3)27-20(28-22(19)30-29-12)13-4-7-17(16(25)10-13)31-35(33,34)18-11-14(23)5-6-15(18)24/h4-7,10-11,31H,8-9H2,1-3H3,(H2,26,27,28,29,30). The van der Waals surface area contributed by atoms with Crippen LogP contribution in [0.3, 0.4) is 0 Å². The summed E-state index contributed by atoms with van der Waals surface area (Å²) < 4.78 is 56.2. The molecule has 4 rings (SSSR count). The molecular weight excluding hydrogens is 500 g/mol. The Balaban J connectivity index is 1.66. The fraction of sp³-hybridized carbons (Fsp3) is 0.227. The predicted octanol–water partition coefficient (Wildman–Crippen LogP) is 4.03. The normalized spacial score (nSPS) is 11.9. The van der Waals surface area contributed by atoms with Gasteiger partial charge in [-0.2, -0.15) is 5.10 Å². The van der Waals surface area contributed by atoms with Crippen molar-refractivity contribution in [1.82, 2.24) is 25.1 Å². The number of aromatic nitrogens is 4. The van der Waals surface area contributed by atoms with Crippen LogP contribution < -0.4 is 10.0 Å². The van der Waals surface area contributed by atoms with E-state index in [0.29, 0.717) is 29.3 Å². The van der Waals surface area contributed by atoms with Gasteiger partial charge in [-0.1, -0.05) is 11.6 Å². The van der Waals surface area contributed by atoms with E-state index < -0.39 is 26.6 Å². The minimum absolute atomic E-state index is 0.0270. The Labute approximate surface area is 205 Å². The third-order valence-electron chi connectivity index (χ3n) is 5.11. The van der Waals surface area contributed by atoms with Crippen LogP contribution in [0.2, 0.25) is 5.02 Å². The lowest BCUT2D eigenvalue weighted by Crippen LogP contribution is -2.21. The first-order valence-corrected chi connectivity index (χ1v) is 12.3. The van der Waals surface area contributed by atoms with Crippen molar-refractivity contribution in [2.24, 2.45) is 0 Å². The summed E-state index contributed by atoms with van der Waals surface area (Å²) in [4.78, 5) is 10.3. The lowest BCUT2D eigenvalue weighted by Gasteiger charge is -2.13. The molecule has 35 heavy (non-hydrogen) atoms. The van der Waals surface area contributed by atoms with E-state index in [1.54, 1.807) is 0 Å². The van der Waals surface area contributed by atoms with Gasteiger partial charge in [-0.3, -0.25) is 9.82 Å². The zero-order valence-electron chi connectivity index (χ0n) is 19.0. The maximum absolute atomic E-state index is 14.9. The van der Waals surface area contributed by atoms with Crippen molar-refractivity contribution in [2.45, 2.75) is 11.8 Å². The average Bonchev–Trinajstić information content (AvgIpc) is 3.17. The van der Waals surface area contributed by atoms with Crippen LogP contribution in [0.4, 0.5) is 20.3 Å². The summed E-state index contributed by atoms with van der Waals surface area (Å²) in [5.41, 5.74) is 1.13. The van der Waals surface area contributed by atoms with E-state index in [2.05, 4.69) is 30.2 Å². The molecule has 184 valence electrons. The SMILES string of the molecule is Cc1n[nH]c2nc(-c3ccc(NS(=O)(=O)c4cc(Cl)ccc4F)c(F)c3)nc(NCCN(C)C)c12. The van der Waals surface area contributed by atoms with Crippen molar-refractivity contribution in [3.63, 3.8) is 0 Å². The molecular formula is C22H22ClF2N7O2S. The number of likely N-dealkylation sites (N-methyl/N-ethyl adjacent to an activating group) is 1. The van der Waals surface area contributed by atoms with Crippen molar-refractivity contribution in [3.05, 3.63) is 58.7 Å². The Hall–Kier alpha value is -3.35. The van der Waals surface area contributed by atoms with Gasteiger partial charge in [-0.05, 0) is 57.4 Å². The van der Waals surface area contributed by atoms with Crippen LogP contribution in [0, 0.1) is 18.6 Å². The van der Waals surface area contributed by atoms with Gasteiger partial charge in [0.15, 0.2) is 11.5 Å². The van der Waals surface area contributed by atoms with Gasteiger partial charge in [0.2, 0.25) is 0 Å². The number of nitrogens with one attached hydrogen (secondary N) is 3. The molecule has 0 unspecified atom stereocenters. The number of rotatable bonds is 8. The molecule has 3 N–H and O–H groups in total. The summed E-state index contributed by atoms with van der Waals surface area (Å²) in [6.45, 7) is 3.19. The summed E-state index contributed by atoms with van der Waals surface area (Å²) in [7, 11) is -0.526. The second-order valence-electron chi connectivity index (χ2n) is 8.03. The predicted molar refractivity (Wildman–Crippen MR) is 131 cm³/mol. The number of benzene rings is 2. The second-order valence-corrected chi connectivity index (χ2v) is 10.1. The molecule has 9 nitrogen and oxygen atoms in total. The smallest absolute Gasteiger partial charge is 0.264 e. The second kappa shape index (κ2) is 9.72. The molecule has 0 saturated carbocycles. The number of hydrogen-bond acceptors (Lipinski definition) is 7. The molecule has 0 fully saturated rings. The molecule has 0 bridgehead atoms. The number of hydrogen-bond donors (Lipinski definition) is 3. The molecule has 0 aliphatic carbocycles. The summed E-state index contributed by atoms with van der Waals surface area (Å²) in [5.74, 6) is -1.15. The highest BCUT2D eigenvalue weighted by atomic mass is 35.5. The Bertz CT molecular complexity index is 1510. The number of halogens is 3. The summed E-state index contributed by atoms with van der Waals surface area (Å²) in [6.07, 6.45) is 0. The van der Waals surface area contributed by atoms with Gasteiger partial charge >= 0.3 is 0 Å². The van der Waals surface area contributed by atoms with Gasteiger partial charge < -0.3 is 10.2 Å². The highest BCUT2D eigenvalue weighted by Crippen LogP contribution is 2.29. The topological polar surface area (TPSA) is 116 Å². The molecule has 0 radical (unpaired) electrons. The summed E-state index contributed by atoms with van der Waals surface area (Å²) in [6, 6.07) is 6.86. The van der Waals surface area contributed by atoms with E-state index in [-0.39, 0.29) is 16.5 Å². The van der Waals surface area contributed by atoms with Crippen LogP contribution in [-0.2, 0) is 10.0 Å². The molecule has 2 heterocycles.